The van der Waals surface area contributed by atoms with Gasteiger partial charge in [-0.2, -0.15) is 0 Å². The summed E-state index contributed by atoms with van der Waals surface area (Å²) in [5, 5.41) is 3.78. The first-order valence-corrected chi connectivity index (χ1v) is 8.54. The summed E-state index contributed by atoms with van der Waals surface area (Å²) in [6, 6.07) is 0.645. The third kappa shape index (κ3) is 3.94. The molecule has 0 aromatic heterocycles. The molecular formula is C16H30N2O2. The number of hydrogen-bond acceptors (Lipinski definition) is 4. The standard InChI is InChI=1S/C16H30N2O2/c1-2-8-18(9-3-1)10-7-17-15-4-11-20-16(14-15)5-12-19-13-6-16/h15,17H,1-14H2. The normalized spacial score (nSPS) is 31.5. The zero-order valence-electron chi connectivity index (χ0n) is 12.7. The summed E-state index contributed by atoms with van der Waals surface area (Å²) in [5.74, 6) is 0. The fourth-order valence-electron chi connectivity index (χ4n) is 3.90. The molecule has 0 bridgehead atoms. The maximum absolute atomic E-state index is 6.10. The highest BCUT2D eigenvalue weighted by Crippen LogP contribution is 2.34. The summed E-state index contributed by atoms with van der Waals surface area (Å²) < 4.78 is 11.6. The van der Waals surface area contributed by atoms with E-state index in [4.69, 9.17) is 9.47 Å². The van der Waals surface area contributed by atoms with Crippen LogP contribution in [0.4, 0.5) is 0 Å². The minimum absolute atomic E-state index is 0.124. The topological polar surface area (TPSA) is 33.7 Å². The van der Waals surface area contributed by atoms with Crippen LogP contribution in [0.3, 0.4) is 0 Å². The van der Waals surface area contributed by atoms with Crippen LogP contribution >= 0.6 is 0 Å². The molecule has 0 aromatic carbocycles. The Morgan fingerprint density at radius 1 is 1.05 bits per heavy atom. The first-order chi connectivity index (χ1) is 9.86. The van der Waals surface area contributed by atoms with Gasteiger partial charge in [-0.15, -0.1) is 0 Å². The van der Waals surface area contributed by atoms with Crippen LogP contribution in [0.5, 0.6) is 0 Å². The molecule has 3 fully saturated rings. The van der Waals surface area contributed by atoms with Gasteiger partial charge in [0.25, 0.3) is 0 Å². The predicted octanol–water partition coefficient (Wildman–Crippen LogP) is 1.79. The lowest BCUT2D eigenvalue weighted by atomic mass is 9.84. The van der Waals surface area contributed by atoms with E-state index in [9.17, 15) is 0 Å². The molecule has 0 aromatic rings. The molecular weight excluding hydrogens is 252 g/mol. The highest BCUT2D eigenvalue weighted by Gasteiger charge is 2.38. The minimum Gasteiger partial charge on any atom is -0.381 e. The van der Waals surface area contributed by atoms with Crippen molar-refractivity contribution in [3.63, 3.8) is 0 Å². The third-order valence-corrected chi connectivity index (χ3v) is 5.21. The predicted molar refractivity (Wildman–Crippen MR) is 80.1 cm³/mol. The van der Waals surface area contributed by atoms with Crippen molar-refractivity contribution in [1.29, 1.82) is 0 Å². The maximum atomic E-state index is 6.10. The van der Waals surface area contributed by atoms with Crippen LogP contribution in [0.15, 0.2) is 0 Å². The van der Waals surface area contributed by atoms with Crippen LogP contribution in [-0.4, -0.2) is 62.5 Å². The van der Waals surface area contributed by atoms with E-state index in [0.29, 0.717) is 6.04 Å². The first kappa shape index (κ1) is 14.8. The number of likely N-dealkylation sites (tertiary alicyclic amines) is 1. The molecule has 0 radical (unpaired) electrons. The molecule has 116 valence electrons. The van der Waals surface area contributed by atoms with E-state index < -0.39 is 0 Å². The fraction of sp³-hybridized carbons (Fsp3) is 1.00. The van der Waals surface area contributed by atoms with Crippen molar-refractivity contribution in [3.05, 3.63) is 0 Å². The van der Waals surface area contributed by atoms with E-state index in [1.54, 1.807) is 0 Å². The highest BCUT2D eigenvalue weighted by molar-refractivity contribution is 4.91. The molecule has 3 heterocycles. The smallest absolute Gasteiger partial charge is 0.0741 e. The Labute approximate surface area is 123 Å². The van der Waals surface area contributed by atoms with E-state index >= 15 is 0 Å². The van der Waals surface area contributed by atoms with E-state index in [1.807, 2.05) is 0 Å². The van der Waals surface area contributed by atoms with Crippen LogP contribution in [0, 0.1) is 0 Å². The average Bonchev–Trinajstić information content (AvgIpc) is 2.49. The molecule has 4 heteroatoms. The summed E-state index contributed by atoms with van der Waals surface area (Å²) in [4.78, 5) is 2.61. The minimum atomic E-state index is 0.124. The Kier molecular flexibility index (Phi) is 5.32. The number of piperidine rings is 1. The Hall–Kier alpha value is -0.160. The summed E-state index contributed by atoms with van der Waals surface area (Å²) in [6.07, 6.45) is 8.71. The summed E-state index contributed by atoms with van der Waals surface area (Å²) in [7, 11) is 0. The molecule has 3 rings (SSSR count). The third-order valence-electron chi connectivity index (χ3n) is 5.21. The van der Waals surface area contributed by atoms with Crippen molar-refractivity contribution < 1.29 is 9.47 Å². The van der Waals surface area contributed by atoms with Crippen molar-refractivity contribution in [3.8, 4) is 0 Å². The van der Waals surface area contributed by atoms with Gasteiger partial charge in [-0.05, 0) is 51.6 Å². The van der Waals surface area contributed by atoms with Crippen LogP contribution < -0.4 is 5.32 Å². The molecule has 3 aliphatic rings. The molecule has 3 saturated heterocycles. The number of nitrogens with one attached hydrogen (secondary N) is 1. The van der Waals surface area contributed by atoms with Gasteiger partial charge in [0.15, 0.2) is 0 Å². The van der Waals surface area contributed by atoms with E-state index in [0.717, 1.165) is 39.2 Å². The molecule has 1 atom stereocenters. The van der Waals surface area contributed by atoms with Crippen LogP contribution in [-0.2, 0) is 9.47 Å². The molecule has 4 nitrogen and oxygen atoms in total. The largest absolute Gasteiger partial charge is 0.381 e. The summed E-state index contributed by atoms with van der Waals surface area (Å²) in [6.45, 7) is 7.63. The molecule has 1 unspecified atom stereocenters. The molecule has 20 heavy (non-hydrogen) atoms. The Bertz CT molecular complexity index is 281. The van der Waals surface area contributed by atoms with Crippen LogP contribution in [0.25, 0.3) is 0 Å². The number of rotatable bonds is 4. The molecule has 0 saturated carbocycles. The van der Waals surface area contributed by atoms with Crippen molar-refractivity contribution in [2.45, 2.75) is 56.6 Å². The second kappa shape index (κ2) is 7.21. The Morgan fingerprint density at radius 2 is 1.85 bits per heavy atom. The lowest BCUT2D eigenvalue weighted by Crippen LogP contribution is -2.50. The Morgan fingerprint density at radius 3 is 2.65 bits per heavy atom. The molecule has 0 aliphatic carbocycles. The van der Waals surface area contributed by atoms with Crippen LogP contribution in [0.1, 0.15) is 44.9 Å². The SMILES string of the molecule is C1CCN(CCNC2CCOC3(CCOCC3)C2)CC1. The zero-order chi connectivity index (χ0) is 13.7. The molecule has 3 aliphatic heterocycles. The van der Waals surface area contributed by atoms with E-state index in [1.165, 1.54) is 51.7 Å². The Balaban J connectivity index is 1.38. The van der Waals surface area contributed by atoms with Gasteiger partial charge in [-0.25, -0.2) is 0 Å². The first-order valence-electron chi connectivity index (χ1n) is 8.54. The molecule has 0 amide bonds. The summed E-state index contributed by atoms with van der Waals surface area (Å²) in [5.41, 5.74) is 0.124. The quantitative estimate of drug-likeness (QED) is 0.852. The highest BCUT2D eigenvalue weighted by atomic mass is 16.5. The van der Waals surface area contributed by atoms with Crippen molar-refractivity contribution in [2.24, 2.45) is 0 Å². The summed E-state index contributed by atoms with van der Waals surface area (Å²) >= 11 is 0. The van der Waals surface area contributed by atoms with Crippen molar-refractivity contribution in [2.75, 3.05) is 46.0 Å². The van der Waals surface area contributed by atoms with E-state index in [-0.39, 0.29) is 5.60 Å². The second-order valence-electron chi connectivity index (χ2n) is 6.69. The van der Waals surface area contributed by atoms with Gasteiger partial charge in [0, 0.05) is 39.0 Å². The molecule has 1 N–H and O–H groups in total. The maximum Gasteiger partial charge on any atom is 0.0741 e. The lowest BCUT2D eigenvalue weighted by Gasteiger charge is -2.43. The zero-order valence-corrected chi connectivity index (χ0v) is 12.7. The van der Waals surface area contributed by atoms with Gasteiger partial charge in [-0.1, -0.05) is 6.42 Å². The number of ether oxygens (including phenoxy) is 2. The van der Waals surface area contributed by atoms with E-state index in [2.05, 4.69) is 10.2 Å². The van der Waals surface area contributed by atoms with Gasteiger partial charge in [-0.3, -0.25) is 0 Å². The van der Waals surface area contributed by atoms with Crippen molar-refractivity contribution in [1.82, 2.24) is 10.2 Å². The van der Waals surface area contributed by atoms with Gasteiger partial charge < -0.3 is 19.7 Å². The van der Waals surface area contributed by atoms with Gasteiger partial charge in [0.1, 0.15) is 0 Å². The average molecular weight is 282 g/mol. The van der Waals surface area contributed by atoms with Crippen molar-refractivity contribution >= 4 is 0 Å². The number of nitrogens with zero attached hydrogens (tertiary/aromatic N) is 1. The van der Waals surface area contributed by atoms with Gasteiger partial charge in [0.2, 0.25) is 0 Å². The van der Waals surface area contributed by atoms with Crippen LogP contribution in [0.2, 0.25) is 0 Å². The lowest BCUT2D eigenvalue weighted by molar-refractivity contribution is -0.140. The monoisotopic (exact) mass is 282 g/mol. The number of hydrogen-bond donors (Lipinski definition) is 1. The van der Waals surface area contributed by atoms with Gasteiger partial charge >= 0.3 is 0 Å². The molecule has 1 spiro atoms. The second-order valence-corrected chi connectivity index (χ2v) is 6.69. The van der Waals surface area contributed by atoms with Gasteiger partial charge in [0.05, 0.1) is 5.60 Å². The fourth-order valence-corrected chi connectivity index (χ4v) is 3.90.